The van der Waals surface area contributed by atoms with Crippen LogP contribution >= 0.6 is 0 Å². The molecule has 1 saturated heterocycles. The van der Waals surface area contributed by atoms with Gasteiger partial charge in [0.1, 0.15) is 17.1 Å². The number of amides is 1. The van der Waals surface area contributed by atoms with Gasteiger partial charge in [-0.05, 0) is 38.5 Å². The van der Waals surface area contributed by atoms with Crippen molar-refractivity contribution < 1.29 is 19.1 Å². The maximum Gasteiger partial charge on any atom is 0.410 e. The Morgan fingerprint density at radius 3 is 2.54 bits per heavy atom. The molecule has 6 nitrogen and oxygen atoms in total. The number of ether oxygens (including phenoxy) is 2. The normalized spacial score (nSPS) is 18.4. The smallest absolute Gasteiger partial charge is 0.410 e. The van der Waals surface area contributed by atoms with Gasteiger partial charge in [-0.1, -0.05) is 12.1 Å². The van der Waals surface area contributed by atoms with Crippen molar-refractivity contribution in [3.8, 4) is 5.75 Å². The molecule has 6 heteroatoms. The highest BCUT2D eigenvalue weighted by Gasteiger charge is 2.32. The Bertz CT molecular complexity index is 578. The van der Waals surface area contributed by atoms with E-state index in [-0.39, 0.29) is 24.4 Å². The lowest BCUT2D eigenvalue weighted by Crippen LogP contribution is -2.47. The largest absolute Gasteiger partial charge is 0.493 e. The van der Waals surface area contributed by atoms with Gasteiger partial charge in [0.25, 0.3) is 0 Å². The molecular formula is C18H26N2O4. The maximum atomic E-state index is 12.2. The fourth-order valence-corrected chi connectivity index (χ4v) is 2.46. The number of carbonyl (C=O) groups is 2. The molecule has 132 valence electrons. The van der Waals surface area contributed by atoms with Crippen LogP contribution in [0.15, 0.2) is 24.3 Å². The van der Waals surface area contributed by atoms with Crippen LogP contribution in [0.3, 0.4) is 0 Å². The Kier molecular flexibility index (Phi) is 5.83. The highest BCUT2D eigenvalue weighted by atomic mass is 16.6. The summed E-state index contributed by atoms with van der Waals surface area (Å²) in [6.07, 6.45) is -0.0494. The lowest BCUT2D eigenvalue weighted by atomic mass is 9.97. The molecule has 2 rings (SSSR count). The molecule has 2 N–H and O–H groups in total. The van der Waals surface area contributed by atoms with Crippen molar-refractivity contribution in [3.05, 3.63) is 29.8 Å². The van der Waals surface area contributed by atoms with Gasteiger partial charge in [-0.2, -0.15) is 0 Å². The Labute approximate surface area is 142 Å². The van der Waals surface area contributed by atoms with E-state index in [4.69, 9.17) is 15.2 Å². The summed E-state index contributed by atoms with van der Waals surface area (Å²) in [6, 6.07) is 7.46. The van der Waals surface area contributed by atoms with Crippen LogP contribution in [0, 0.1) is 5.92 Å². The highest BCUT2D eigenvalue weighted by molar-refractivity contribution is 5.84. The minimum Gasteiger partial charge on any atom is -0.493 e. The third-order valence-electron chi connectivity index (χ3n) is 3.79. The van der Waals surface area contributed by atoms with E-state index >= 15 is 0 Å². The van der Waals surface area contributed by atoms with Gasteiger partial charge < -0.3 is 20.1 Å². The number of benzene rings is 1. The topological polar surface area (TPSA) is 81.9 Å². The summed E-state index contributed by atoms with van der Waals surface area (Å²) >= 11 is 0. The summed E-state index contributed by atoms with van der Waals surface area (Å²) in [5.74, 6) is 0.475. The molecule has 0 aliphatic carbocycles. The molecule has 1 unspecified atom stereocenters. The Morgan fingerprint density at radius 1 is 1.29 bits per heavy atom. The van der Waals surface area contributed by atoms with Crippen LogP contribution in [0.2, 0.25) is 0 Å². The molecular weight excluding hydrogens is 308 g/mol. The van der Waals surface area contributed by atoms with Crippen molar-refractivity contribution in [1.82, 2.24) is 4.90 Å². The molecule has 0 saturated carbocycles. The summed E-state index contributed by atoms with van der Waals surface area (Å²) in [5, 5.41) is 0. The lowest BCUT2D eigenvalue weighted by molar-refractivity contribution is -0.127. The number of nitrogens with zero attached hydrogens (tertiary/aromatic N) is 1. The van der Waals surface area contributed by atoms with E-state index in [0.29, 0.717) is 31.8 Å². The van der Waals surface area contributed by atoms with Gasteiger partial charge in [0.2, 0.25) is 0 Å². The van der Waals surface area contributed by atoms with E-state index in [1.807, 2.05) is 45.0 Å². The predicted octanol–water partition coefficient (Wildman–Crippen LogP) is 2.35. The van der Waals surface area contributed by atoms with E-state index in [1.165, 1.54) is 0 Å². The van der Waals surface area contributed by atoms with Crippen LogP contribution in [-0.2, 0) is 16.1 Å². The molecule has 1 heterocycles. The SMILES string of the molecule is CC(C)(C)OC(=O)N1CCC(=O)C(COc2ccc(CN)cc2)C1. The van der Waals surface area contributed by atoms with Crippen LogP contribution in [0.25, 0.3) is 0 Å². The first-order valence-corrected chi connectivity index (χ1v) is 8.21. The van der Waals surface area contributed by atoms with Crippen molar-refractivity contribution in [2.45, 2.75) is 39.3 Å². The van der Waals surface area contributed by atoms with Gasteiger partial charge >= 0.3 is 6.09 Å². The maximum absolute atomic E-state index is 12.2. The number of ketones is 1. The van der Waals surface area contributed by atoms with E-state index < -0.39 is 5.60 Å². The minimum atomic E-state index is -0.546. The van der Waals surface area contributed by atoms with E-state index in [1.54, 1.807) is 4.90 Å². The molecule has 0 spiro atoms. The molecule has 0 bridgehead atoms. The third kappa shape index (κ3) is 5.23. The number of rotatable bonds is 4. The molecule has 1 fully saturated rings. The zero-order chi connectivity index (χ0) is 17.7. The second kappa shape index (κ2) is 7.66. The van der Waals surface area contributed by atoms with Crippen molar-refractivity contribution >= 4 is 11.9 Å². The standard InChI is InChI=1S/C18H26N2O4/c1-18(2,3)24-17(22)20-9-8-16(21)14(11-20)12-23-15-6-4-13(10-19)5-7-15/h4-7,14H,8-12,19H2,1-3H3. The highest BCUT2D eigenvalue weighted by Crippen LogP contribution is 2.19. The molecule has 1 aromatic rings. The number of likely N-dealkylation sites (tertiary alicyclic amines) is 1. The van der Waals surface area contributed by atoms with Crippen LogP contribution in [0.1, 0.15) is 32.8 Å². The summed E-state index contributed by atoms with van der Waals surface area (Å²) < 4.78 is 11.1. The molecule has 1 aromatic carbocycles. The zero-order valence-corrected chi connectivity index (χ0v) is 14.6. The average Bonchev–Trinajstić information content (AvgIpc) is 2.53. The number of nitrogens with two attached hydrogens (primary N) is 1. The number of carbonyl (C=O) groups excluding carboxylic acids is 2. The van der Waals surface area contributed by atoms with Gasteiger partial charge in [0.15, 0.2) is 0 Å². The summed E-state index contributed by atoms with van der Waals surface area (Å²) in [5.41, 5.74) is 6.04. The van der Waals surface area contributed by atoms with E-state index in [0.717, 1.165) is 5.56 Å². The van der Waals surface area contributed by atoms with Crippen LogP contribution in [-0.4, -0.2) is 42.1 Å². The van der Waals surface area contributed by atoms with Crippen molar-refractivity contribution in [1.29, 1.82) is 0 Å². The monoisotopic (exact) mass is 334 g/mol. The predicted molar refractivity (Wildman–Crippen MR) is 90.7 cm³/mol. The van der Waals surface area contributed by atoms with Gasteiger partial charge in [0, 0.05) is 26.1 Å². The number of piperidine rings is 1. The van der Waals surface area contributed by atoms with Gasteiger partial charge in [-0.15, -0.1) is 0 Å². The van der Waals surface area contributed by atoms with E-state index in [2.05, 4.69) is 0 Å². The Morgan fingerprint density at radius 2 is 1.96 bits per heavy atom. The first-order valence-electron chi connectivity index (χ1n) is 8.21. The lowest BCUT2D eigenvalue weighted by Gasteiger charge is -2.33. The van der Waals surface area contributed by atoms with Crippen LogP contribution < -0.4 is 10.5 Å². The van der Waals surface area contributed by atoms with Gasteiger partial charge in [-0.3, -0.25) is 4.79 Å². The number of Topliss-reactive ketones (excluding diaryl/α,β-unsaturated/α-hetero) is 1. The first-order chi connectivity index (χ1) is 11.3. The van der Waals surface area contributed by atoms with E-state index in [9.17, 15) is 9.59 Å². The Hall–Kier alpha value is -2.08. The molecule has 0 radical (unpaired) electrons. The quantitative estimate of drug-likeness (QED) is 0.914. The van der Waals surface area contributed by atoms with Crippen molar-refractivity contribution in [3.63, 3.8) is 0 Å². The molecule has 1 amide bonds. The fourth-order valence-electron chi connectivity index (χ4n) is 2.46. The fraction of sp³-hybridized carbons (Fsp3) is 0.556. The van der Waals surface area contributed by atoms with Gasteiger partial charge in [-0.25, -0.2) is 4.79 Å². The minimum absolute atomic E-state index is 0.119. The summed E-state index contributed by atoms with van der Waals surface area (Å²) in [6.45, 7) is 6.93. The first kappa shape index (κ1) is 18.3. The molecule has 1 aliphatic heterocycles. The molecule has 1 aliphatic rings. The second-order valence-corrected chi connectivity index (χ2v) is 7.00. The molecule has 1 atom stereocenters. The molecule has 0 aromatic heterocycles. The summed E-state index contributed by atoms with van der Waals surface area (Å²) in [7, 11) is 0. The van der Waals surface area contributed by atoms with Crippen molar-refractivity contribution in [2.75, 3.05) is 19.7 Å². The number of hydrogen-bond donors (Lipinski definition) is 1. The van der Waals surface area contributed by atoms with Gasteiger partial charge in [0.05, 0.1) is 12.5 Å². The second-order valence-electron chi connectivity index (χ2n) is 7.00. The average molecular weight is 334 g/mol. The zero-order valence-electron chi connectivity index (χ0n) is 14.6. The van der Waals surface area contributed by atoms with Crippen LogP contribution in [0.4, 0.5) is 4.79 Å². The third-order valence-corrected chi connectivity index (χ3v) is 3.79. The molecule has 24 heavy (non-hydrogen) atoms. The van der Waals surface area contributed by atoms with Crippen LogP contribution in [0.5, 0.6) is 5.75 Å². The summed E-state index contributed by atoms with van der Waals surface area (Å²) in [4.78, 5) is 25.8. The number of hydrogen-bond acceptors (Lipinski definition) is 5. The van der Waals surface area contributed by atoms with Crippen molar-refractivity contribution in [2.24, 2.45) is 11.7 Å². The Balaban J connectivity index is 1.90.